The van der Waals surface area contributed by atoms with Crippen molar-refractivity contribution >= 4 is 23.3 Å². The molecule has 0 bridgehead atoms. The van der Waals surface area contributed by atoms with E-state index in [1.807, 2.05) is 36.4 Å². The summed E-state index contributed by atoms with van der Waals surface area (Å²) in [6.07, 6.45) is 2.58. The van der Waals surface area contributed by atoms with Crippen LogP contribution in [-0.2, 0) is 0 Å². The lowest BCUT2D eigenvalue weighted by atomic mass is 10.1. The number of ketones is 2. The van der Waals surface area contributed by atoms with Gasteiger partial charge in [-0.05, 0) is 36.4 Å². The second-order valence-electron chi connectivity index (χ2n) is 4.23. The fourth-order valence-corrected chi connectivity index (χ4v) is 2.94. The molecule has 0 saturated carbocycles. The van der Waals surface area contributed by atoms with Crippen LogP contribution in [0.15, 0.2) is 83.6 Å². The summed E-state index contributed by atoms with van der Waals surface area (Å²) in [7, 11) is 0. The normalized spacial score (nSPS) is 9.90. The van der Waals surface area contributed by atoms with E-state index in [9.17, 15) is 9.59 Å². The maximum absolute atomic E-state index is 11.9. The Labute approximate surface area is 128 Å². The molecule has 0 atom stereocenters. The molecule has 0 aliphatic carbocycles. The van der Waals surface area contributed by atoms with Crippen LogP contribution in [0.1, 0.15) is 20.7 Å². The maximum Gasteiger partial charge on any atom is 0.186 e. The van der Waals surface area contributed by atoms with Gasteiger partial charge in [0.25, 0.3) is 0 Å². The number of carbonyl (C=O) groups excluding carboxylic acids is 2. The number of hydrogen-bond acceptors (Lipinski definition) is 3. The van der Waals surface area contributed by atoms with Crippen molar-refractivity contribution in [3.63, 3.8) is 0 Å². The van der Waals surface area contributed by atoms with Crippen molar-refractivity contribution in [3.05, 3.63) is 85.0 Å². The molecule has 2 rings (SSSR count). The highest BCUT2D eigenvalue weighted by Crippen LogP contribution is 2.33. The summed E-state index contributed by atoms with van der Waals surface area (Å²) in [5.74, 6) is -0.267. The summed E-state index contributed by atoms with van der Waals surface area (Å²) in [6.45, 7) is 7.04. The van der Waals surface area contributed by atoms with Crippen LogP contribution in [0.3, 0.4) is 0 Å². The highest BCUT2D eigenvalue weighted by atomic mass is 32.2. The van der Waals surface area contributed by atoms with Crippen LogP contribution in [0.25, 0.3) is 0 Å². The summed E-state index contributed by atoms with van der Waals surface area (Å²) in [5.41, 5.74) is 1.16. The molecule has 2 nitrogen and oxygen atoms in total. The van der Waals surface area contributed by atoms with E-state index in [4.69, 9.17) is 0 Å². The summed E-state index contributed by atoms with van der Waals surface area (Å²) in [4.78, 5) is 25.4. The maximum atomic E-state index is 11.9. The Kier molecular flexibility index (Phi) is 4.90. The number of rotatable bonds is 6. The van der Waals surface area contributed by atoms with E-state index >= 15 is 0 Å². The van der Waals surface area contributed by atoms with Gasteiger partial charge in [0.15, 0.2) is 11.6 Å². The predicted octanol–water partition coefficient (Wildman–Crippen LogP) is 4.58. The summed E-state index contributed by atoms with van der Waals surface area (Å²) >= 11 is 1.39. The quantitative estimate of drug-likeness (QED) is 0.578. The number of hydrogen-bond donors (Lipinski definition) is 0. The van der Waals surface area contributed by atoms with Gasteiger partial charge in [-0.25, -0.2) is 0 Å². The van der Waals surface area contributed by atoms with Crippen LogP contribution in [0.5, 0.6) is 0 Å². The van der Waals surface area contributed by atoms with Gasteiger partial charge in [0, 0.05) is 20.9 Å². The zero-order valence-corrected chi connectivity index (χ0v) is 12.2. The molecule has 0 aliphatic heterocycles. The van der Waals surface area contributed by atoms with Gasteiger partial charge in [0.1, 0.15) is 0 Å². The fraction of sp³-hybridized carbons (Fsp3) is 0. The third kappa shape index (κ3) is 3.38. The Morgan fingerprint density at radius 3 is 1.52 bits per heavy atom. The standard InChI is InChI=1S/C18H14O2S/c1-3-15(19)13-9-5-7-11-17(13)21-18-12-8-6-10-14(18)16(20)4-2/h3-12H,1-2H2. The number of benzene rings is 2. The van der Waals surface area contributed by atoms with Crippen LogP contribution < -0.4 is 0 Å². The van der Waals surface area contributed by atoms with E-state index in [1.54, 1.807) is 12.1 Å². The minimum absolute atomic E-state index is 0.134. The number of carbonyl (C=O) groups is 2. The molecule has 0 heterocycles. The highest BCUT2D eigenvalue weighted by Gasteiger charge is 2.13. The first-order valence-electron chi connectivity index (χ1n) is 6.37. The first-order valence-corrected chi connectivity index (χ1v) is 7.18. The van der Waals surface area contributed by atoms with Crippen molar-refractivity contribution < 1.29 is 9.59 Å². The Morgan fingerprint density at radius 1 is 0.762 bits per heavy atom. The summed E-state index contributed by atoms with van der Waals surface area (Å²) < 4.78 is 0. The number of allylic oxidation sites excluding steroid dienone is 2. The molecule has 2 aromatic carbocycles. The summed E-state index contributed by atoms with van der Waals surface area (Å²) in [6, 6.07) is 14.6. The van der Waals surface area contributed by atoms with E-state index in [2.05, 4.69) is 13.2 Å². The molecule has 0 aliphatic rings. The molecule has 2 aromatic rings. The summed E-state index contributed by atoms with van der Waals surface area (Å²) in [5, 5.41) is 0. The van der Waals surface area contributed by atoms with E-state index in [-0.39, 0.29) is 11.6 Å². The third-order valence-electron chi connectivity index (χ3n) is 2.90. The fourth-order valence-electron chi connectivity index (χ4n) is 1.86. The predicted molar refractivity (Wildman–Crippen MR) is 86.1 cm³/mol. The van der Waals surface area contributed by atoms with E-state index in [0.29, 0.717) is 11.1 Å². The van der Waals surface area contributed by atoms with Crippen molar-refractivity contribution in [2.45, 2.75) is 9.79 Å². The van der Waals surface area contributed by atoms with Crippen LogP contribution in [0.4, 0.5) is 0 Å². The van der Waals surface area contributed by atoms with Crippen molar-refractivity contribution in [2.24, 2.45) is 0 Å². The zero-order chi connectivity index (χ0) is 15.2. The minimum atomic E-state index is -0.134. The average molecular weight is 294 g/mol. The highest BCUT2D eigenvalue weighted by molar-refractivity contribution is 7.99. The Morgan fingerprint density at radius 2 is 1.14 bits per heavy atom. The van der Waals surface area contributed by atoms with Crippen LogP contribution in [0, 0.1) is 0 Å². The molecule has 0 amide bonds. The Balaban J connectivity index is 2.44. The molecule has 0 N–H and O–H groups in total. The molecule has 0 radical (unpaired) electrons. The lowest BCUT2D eigenvalue weighted by Gasteiger charge is -2.09. The first kappa shape index (κ1) is 15.0. The van der Waals surface area contributed by atoms with Gasteiger partial charge >= 0.3 is 0 Å². The molecular weight excluding hydrogens is 280 g/mol. The van der Waals surface area contributed by atoms with Crippen molar-refractivity contribution in [1.29, 1.82) is 0 Å². The molecule has 0 aromatic heterocycles. The topological polar surface area (TPSA) is 34.1 Å². The van der Waals surface area contributed by atoms with Gasteiger partial charge in [-0.1, -0.05) is 49.2 Å². The van der Waals surface area contributed by atoms with E-state index in [1.165, 1.54) is 23.9 Å². The van der Waals surface area contributed by atoms with Gasteiger partial charge in [-0.15, -0.1) is 0 Å². The van der Waals surface area contributed by atoms with Gasteiger partial charge in [-0.3, -0.25) is 9.59 Å². The molecule has 0 fully saturated rings. The van der Waals surface area contributed by atoms with Gasteiger partial charge in [0.2, 0.25) is 0 Å². The Hall–Kier alpha value is -2.39. The second-order valence-corrected chi connectivity index (χ2v) is 5.31. The van der Waals surface area contributed by atoms with Crippen LogP contribution in [0.2, 0.25) is 0 Å². The van der Waals surface area contributed by atoms with E-state index < -0.39 is 0 Å². The molecule has 0 unspecified atom stereocenters. The molecule has 104 valence electrons. The van der Waals surface area contributed by atoms with Crippen molar-refractivity contribution in [2.75, 3.05) is 0 Å². The van der Waals surface area contributed by atoms with Gasteiger partial charge < -0.3 is 0 Å². The lowest BCUT2D eigenvalue weighted by Crippen LogP contribution is -1.98. The van der Waals surface area contributed by atoms with Crippen molar-refractivity contribution in [1.82, 2.24) is 0 Å². The lowest BCUT2D eigenvalue weighted by molar-refractivity contribution is 0.103. The molecule has 21 heavy (non-hydrogen) atoms. The first-order chi connectivity index (χ1) is 10.2. The van der Waals surface area contributed by atoms with Gasteiger partial charge in [-0.2, -0.15) is 0 Å². The van der Waals surface area contributed by atoms with Gasteiger partial charge in [0.05, 0.1) is 0 Å². The molecule has 3 heteroatoms. The zero-order valence-electron chi connectivity index (χ0n) is 11.4. The van der Waals surface area contributed by atoms with Crippen molar-refractivity contribution in [3.8, 4) is 0 Å². The largest absolute Gasteiger partial charge is 0.289 e. The molecule has 0 spiro atoms. The second kappa shape index (κ2) is 6.86. The minimum Gasteiger partial charge on any atom is -0.289 e. The smallest absolute Gasteiger partial charge is 0.186 e. The monoisotopic (exact) mass is 294 g/mol. The molecule has 0 saturated heterocycles. The van der Waals surface area contributed by atoms with E-state index in [0.717, 1.165) is 9.79 Å². The average Bonchev–Trinajstić information content (AvgIpc) is 2.54. The Bertz CT molecular complexity index is 655. The van der Waals surface area contributed by atoms with Crippen LogP contribution >= 0.6 is 11.8 Å². The molecular formula is C18H14O2S. The third-order valence-corrected chi connectivity index (χ3v) is 4.05. The SMILES string of the molecule is C=CC(=O)c1ccccc1Sc1ccccc1C(=O)C=C. The van der Waals surface area contributed by atoms with Crippen LogP contribution in [-0.4, -0.2) is 11.6 Å².